The zero-order valence-electron chi connectivity index (χ0n) is 3.99. The minimum Gasteiger partial charge on any atom is -0.404 e. The fourth-order valence-electron chi connectivity index (χ4n) is 0.109. The van der Waals surface area contributed by atoms with Crippen molar-refractivity contribution < 1.29 is 4.43 Å². The lowest BCUT2D eigenvalue weighted by molar-refractivity contribution is 0.401. The molecular weight excluding hydrogens is 116 g/mol. The van der Waals surface area contributed by atoms with Gasteiger partial charge in [-0.1, -0.05) is 11.6 Å². The van der Waals surface area contributed by atoms with Crippen LogP contribution < -0.4 is 0 Å². The summed E-state index contributed by atoms with van der Waals surface area (Å²) < 4.78 is 4.91. The van der Waals surface area contributed by atoms with Gasteiger partial charge in [0.1, 0.15) is 6.07 Å². The van der Waals surface area contributed by atoms with Crippen molar-refractivity contribution >= 4 is 20.6 Å². The first-order valence-corrected chi connectivity index (χ1v) is 4.70. The Balaban J connectivity index is 2.63. The fraction of sp³-hybridized carbons (Fsp3) is 1.00. The molecule has 0 amide bonds. The first-order valence-electron chi connectivity index (χ1n) is 1.76. The standard InChI is InChI=1S/C3H8ClOSi/c1-6(2)5-3-4/h3H2,1-2H3. The summed E-state index contributed by atoms with van der Waals surface area (Å²) in [7, 11) is -0.517. The van der Waals surface area contributed by atoms with Crippen LogP contribution in [0.2, 0.25) is 13.1 Å². The van der Waals surface area contributed by atoms with E-state index in [-0.39, 0.29) is 0 Å². The van der Waals surface area contributed by atoms with Crippen molar-refractivity contribution in [1.29, 1.82) is 0 Å². The van der Waals surface area contributed by atoms with Gasteiger partial charge in [-0.25, -0.2) is 0 Å². The van der Waals surface area contributed by atoms with Crippen LogP contribution in [0.25, 0.3) is 0 Å². The Labute approximate surface area is 45.0 Å². The van der Waals surface area contributed by atoms with Crippen molar-refractivity contribution in [3.05, 3.63) is 0 Å². The molecule has 6 heavy (non-hydrogen) atoms. The Hall–Kier alpha value is 0.467. The van der Waals surface area contributed by atoms with E-state index in [1.165, 1.54) is 0 Å². The smallest absolute Gasteiger partial charge is 0.206 e. The van der Waals surface area contributed by atoms with E-state index < -0.39 is 9.04 Å². The van der Waals surface area contributed by atoms with E-state index in [1.54, 1.807) is 0 Å². The highest BCUT2D eigenvalue weighted by molar-refractivity contribution is 6.49. The number of alkyl halides is 1. The van der Waals surface area contributed by atoms with Crippen LogP contribution in [-0.4, -0.2) is 15.1 Å². The highest BCUT2D eigenvalue weighted by Gasteiger charge is 1.90. The van der Waals surface area contributed by atoms with Crippen molar-refractivity contribution in [2.75, 3.05) is 6.07 Å². The molecular formula is C3H8ClOSi. The summed E-state index contributed by atoms with van der Waals surface area (Å²) in [4.78, 5) is 0. The molecule has 37 valence electrons. The van der Waals surface area contributed by atoms with Crippen LogP contribution in [0.5, 0.6) is 0 Å². The zero-order valence-corrected chi connectivity index (χ0v) is 5.75. The average molecular weight is 124 g/mol. The van der Waals surface area contributed by atoms with Crippen molar-refractivity contribution in [3.8, 4) is 0 Å². The summed E-state index contributed by atoms with van der Waals surface area (Å²) in [6, 6.07) is 0.349. The van der Waals surface area contributed by atoms with Gasteiger partial charge in [-0.3, -0.25) is 0 Å². The maximum absolute atomic E-state index is 5.20. The second kappa shape index (κ2) is 3.65. The number of hydrogen-bond donors (Lipinski definition) is 0. The predicted octanol–water partition coefficient (Wildman–Crippen LogP) is 1.45. The van der Waals surface area contributed by atoms with Crippen LogP contribution in [0.1, 0.15) is 0 Å². The lowest BCUT2D eigenvalue weighted by atomic mass is 11.7. The third-order valence-corrected chi connectivity index (χ3v) is 1.36. The number of halogens is 1. The molecule has 0 fully saturated rings. The molecule has 1 radical (unpaired) electrons. The van der Waals surface area contributed by atoms with Gasteiger partial charge in [-0.15, -0.1) is 0 Å². The third kappa shape index (κ3) is 4.47. The highest BCUT2D eigenvalue weighted by atomic mass is 35.5. The molecule has 0 saturated carbocycles. The maximum Gasteiger partial charge on any atom is 0.206 e. The monoisotopic (exact) mass is 123 g/mol. The molecule has 0 heterocycles. The van der Waals surface area contributed by atoms with Crippen molar-refractivity contribution in [2.24, 2.45) is 0 Å². The molecule has 1 nitrogen and oxygen atoms in total. The molecule has 0 unspecified atom stereocenters. The fourth-order valence-corrected chi connectivity index (χ4v) is 0.982. The SMILES string of the molecule is C[Si](C)OCCl. The van der Waals surface area contributed by atoms with Gasteiger partial charge in [0, 0.05) is 0 Å². The Morgan fingerprint density at radius 2 is 2.17 bits per heavy atom. The van der Waals surface area contributed by atoms with Gasteiger partial charge >= 0.3 is 0 Å². The maximum atomic E-state index is 5.20. The quantitative estimate of drug-likeness (QED) is 0.399. The molecule has 0 rings (SSSR count). The van der Waals surface area contributed by atoms with E-state index >= 15 is 0 Å². The Kier molecular flexibility index (Phi) is 3.93. The summed E-state index contributed by atoms with van der Waals surface area (Å²) in [5.74, 6) is 0. The molecule has 0 aliphatic carbocycles. The van der Waals surface area contributed by atoms with Crippen LogP contribution in [0.3, 0.4) is 0 Å². The van der Waals surface area contributed by atoms with E-state index in [0.717, 1.165) is 0 Å². The van der Waals surface area contributed by atoms with E-state index in [1.807, 2.05) is 13.1 Å². The lowest BCUT2D eigenvalue weighted by Gasteiger charge is -1.95. The number of rotatable bonds is 2. The summed E-state index contributed by atoms with van der Waals surface area (Å²) >= 11 is 5.20. The molecule has 0 N–H and O–H groups in total. The molecule has 0 aliphatic rings. The second-order valence-corrected chi connectivity index (χ2v) is 3.49. The molecule has 0 bridgehead atoms. The Morgan fingerprint density at radius 1 is 1.67 bits per heavy atom. The van der Waals surface area contributed by atoms with Gasteiger partial charge in [0.2, 0.25) is 9.04 Å². The third-order valence-electron chi connectivity index (χ3n) is 0.343. The van der Waals surface area contributed by atoms with Crippen LogP contribution in [0, 0.1) is 0 Å². The van der Waals surface area contributed by atoms with Gasteiger partial charge < -0.3 is 4.43 Å². The van der Waals surface area contributed by atoms with E-state index in [4.69, 9.17) is 16.0 Å². The Bertz CT molecular complexity index is 32.0. The zero-order chi connectivity index (χ0) is 4.99. The van der Waals surface area contributed by atoms with E-state index in [9.17, 15) is 0 Å². The van der Waals surface area contributed by atoms with Gasteiger partial charge in [0.15, 0.2) is 0 Å². The van der Waals surface area contributed by atoms with Crippen molar-refractivity contribution in [2.45, 2.75) is 13.1 Å². The average Bonchev–Trinajstić information content (AvgIpc) is 1.35. The Morgan fingerprint density at radius 3 is 2.17 bits per heavy atom. The van der Waals surface area contributed by atoms with E-state index in [2.05, 4.69) is 0 Å². The highest BCUT2D eigenvalue weighted by Crippen LogP contribution is 1.83. The summed E-state index contributed by atoms with van der Waals surface area (Å²) in [6.45, 7) is 4.10. The van der Waals surface area contributed by atoms with Gasteiger partial charge in [-0.05, 0) is 13.1 Å². The molecule has 0 aromatic heterocycles. The van der Waals surface area contributed by atoms with Crippen LogP contribution in [0.15, 0.2) is 0 Å². The van der Waals surface area contributed by atoms with E-state index in [0.29, 0.717) is 6.07 Å². The number of hydrogen-bond acceptors (Lipinski definition) is 1. The predicted molar refractivity (Wildman–Crippen MR) is 29.3 cm³/mol. The molecule has 0 aromatic carbocycles. The van der Waals surface area contributed by atoms with Crippen LogP contribution in [0.4, 0.5) is 0 Å². The lowest BCUT2D eigenvalue weighted by Crippen LogP contribution is -2.04. The summed E-state index contributed by atoms with van der Waals surface area (Å²) in [5, 5.41) is 0. The largest absolute Gasteiger partial charge is 0.404 e. The topological polar surface area (TPSA) is 9.23 Å². The first-order chi connectivity index (χ1) is 2.77. The van der Waals surface area contributed by atoms with Crippen molar-refractivity contribution in [1.82, 2.24) is 0 Å². The molecule has 0 atom stereocenters. The second-order valence-electron chi connectivity index (χ2n) is 1.16. The molecule has 0 aromatic rings. The summed E-state index contributed by atoms with van der Waals surface area (Å²) in [5.41, 5.74) is 0. The van der Waals surface area contributed by atoms with Gasteiger partial charge in [0.25, 0.3) is 0 Å². The molecule has 0 saturated heterocycles. The van der Waals surface area contributed by atoms with Gasteiger partial charge in [0.05, 0.1) is 0 Å². The molecule has 3 heteroatoms. The minimum atomic E-state index is -0.517. The normalized spacial score (nSPS) is 10.0. The minimum absolute atomic E-state index is 0.349. The first kappa shape index (κ1) is 6.47. The van der Waals surface area contributed by atoms with Crippen molar-refractivity contribution in [3.63, 3.8) is 0 Å². The molecule has 0 aliphatic heterocycles. The van der Waals surface area contributed by atoms with Crippen LogP contribution in [-0.2, 0) is 4.43 Å². The van der Waals surface area contributed by atoms with Crippen LogP contribution >= 0.6 is 11.6 Å². The summed E-state index contributed by atoms with van der Waals surface area (Å²) in [6.07, 6.45) is 0. The molecule has 0 spiro atoms. The van der Waals surface area contributed by atoms with Gasteiger partial charge in [-0.2, -0.15) is 0 Å².